The van der Waals surface area contributed by atoms with Gasteiger partial charge in [0, 0.05) is 30.5 Å². The second-order valence-corrected chi connectivity index (χ2v) is 6.53. The van der Waals surface area contributed by atoms with Crippen LogP contribution in [0.2, 0.25) is 0 Å². The highest BCUT2D eigenvalue weighted by molar-refractivity contribution is 8.14. The molecule has 0 amide bonds. The third-order valence-electron chi connectivity index (χ3n) is 3.92. The molecular weight excluding hydrogens is 298 g/mol. The Morgan fingerprint density at radius 2 is 2.23 bits per heavy atom. The lowest BCUT2D eigenvalue weighted by Crippen LogP contribution is -2.34. The van der Waals surface area contributed by atoms with E-state index in [4.69, 9.17) is 4.99 Å². The molecule has 0 N–H and O–H groups in total. The number of hydrogen-bond acceptors (Lipinski definition) is 4. The SMILES string of the molecule is CCCCN1C(=Nc2ccc([N+](=O)[O-])cc2C)SCC1CC. The fourth-order valence-corrected chi connectivity index (χ4v) is 3.85. The first-order valence-electron chi connectivity index (χ1n) is 7.80. The van der Waals surface area contributed by atoms with Crippen molar-refractivity contribution in [2.24, 2.45) is 4.99 Å². The van der Waals surface area contributed by atoms with Gasteiger partial charge in [-0.25, -0.2) is 4.99 Å². The summed E-state index contributed by atoms with van der Waals surface area (Å²) < 4.78 is 0. The fraction of sp³-hybridized carbons (Fsp3) is 0.562. The van der Waals surface area contributed by atoms with Gasteiger partial charge in [-0.2, -0.15) is 0 Å². The van der Waals surface area contributed by atoms with Crippen LogP contribution in [0.5, 0.6) is 0 Å². The molecule has 1 atom stereocenters. The van der Waals surface area contributed by atoms with E-state index in [1.165, 1.54) is 12.5 Å². The van der Waals surface area contributed by atoms with Crippen molar-refractivity contribution in [2.75, 3.05) is 12.3 Å². The zero-order valence-electron chi connectivity index (χ0n) is 13.4. The number of hydrogen-bond donors (Lipinski definition) is 0. The minimum Gasteiger partial charge on any atom is -0.347 e. The first-order chi connectivity index (χ1) is 10.6. The zero-order chi connectivity index (χ0) is 16.1. The summed E-state index contributed by atoms with van der Waals surface area (Å²) in [6, 6.07) is 5.42. The topological polar surface area (TPSA) is 58.7 Å². The lowest BCUT2D eigenvalue weighted by atomic mass is 10.2. The minimum absolute atomic E-state index is 0.120. The van der Waals surface area contributed by atoms with E-state index >= 15 is 0 Å². The van der Waals surface area contributed by atoms with Gasteiger partial charge < -0.3 is 4.90 Å². The number of unbranched alkanes of at least 4 members (excludes halogenated alkanes) is 1. The molecule has 1 unspecified atom stereocenters. The molecular formula is C16H23N3O2S. The molecule has 1 aromatic carbocycles. The van der Waals surface area contributed by atoms with Gasteiger partial charge >= 0.3 is 0 Å². The van der Waals surface area contributed by atoms with Gasteiger partial charge in [-0.3, -0.25) is 10.1 Å². The molecule has 1 heterocycles. The van der Waals surface area contributed by atoms with Crippen LogP contribution in [0.1, 0.15) is 38.7 Å². The molecule has 120 valence electrons. The van der Waals surface area contributed by atoms with Crippen LogP contribution < -0.4 is 0 Å². The number of aryl methyl sites for hydroxylation is 1. The largest absolute Gasteiger partial charge is 0.347 e. The molecule has 22 heavy (non-hydrogen) atoms. The molecule has 1 aliphatic heterocycles. The molecule has 2 rings (SSSR count). The highest BCUT2D eigenvalue weighted by Gasteiger charge is 2.28. The molecule has 1 saturated heterocycles. The summed E-state index contributed by atoms with van der Waals surface area (Å²) in [5, 5.41) is 11.9. The van der Waals surface area contributed by atoms with E-state index in [1.807, 2.05) is 6.92 Å². The van der Waals surface area contributed by atoms with Gasteiger partial charge in [-0.1, -0.05) is 32.0 Å². The van der Waals surface area contributed by atoms with Crippen molar-refractivity contribution >= 4 is 28.3 Å². The van der Waals surface area contributed by atoms with Gasteiger partial charge in [0.05, 0.1) is 10.6 Å². The van der Waals surface area contributed by atoms with E-state index in [1.54, 1.807) is 23.9 Å². The Kier molecular flexibility index (Phi) is 5.83. The number of nitro groups is 1. The van der Waals surface area contributed by atoms with Gasteiger partial charge in [0.1, 0.15) is 0 Å². The second kappa shape index (κ2) is 7.63. The number of non-ortho nitro benzene ring substituents is 1. The Hall–Kier alpha value is -1.56. The molecule has 0 bridgehead atoms. The normalized spacial score (nSPS) is 19.9. The van der Waals surface area contributed by atoms with Crippen LogP contribution in [0.3, 0.4) is 0 Å². The van der Waals surface area contributed by atoms with Crippen LogP contribution in [0, 0.1) is 17.0 Å². The molecule has 0 saturated carbocycles. The van der Waals surface area contributed by atoms with Crippen molar-refractivity contribution in [1.82, 2.24) is 4.90 Å². The van der Waals surface area contributed by atoms with E-state index in [0.717, 1.165) is 41.6 Å². The summed E-state index contributed by atoms with van der Waals surface area (Å²) in [6.07, 6.45) is 3.45. The second-order valence-electron chi connectivity index (χ2n) is 5.54. The summed E-state index contributed by atoms with van der Waals surface area (Å²) >= 11 is 1.79. The third-order valence-corrected chi connectivity index (χ3v) is 5.06. The fourth-order valence-electron chi connectivity index (χ4n) is 2.52. The van der Waals surface area contributed by atoms with Crippen molar-refractivity contribution in [3.8, 4) is 0 Å². The average molecular weight is 321 g/mol. The minimum atomic E-state index is -0.366. The predicted octanol–water partition coefficient (Wildman–Crippen LogP) is 4.52. The maximum atomic E-state index is 10.8. The number of thioether (sulfide) groups is 1. The van der Waals surface area contributed by atoms with Gasteiger partial charge in [-0.15, -0.1) is 0 Å². The molecule has 0 aliphatic carbocycles. The highest BCUT2D eigenvalue weighted by atomic mass is 32.2. The summed E-state index contributed by atoms with van der Waals surface area (Å²) in [4.78, 5) is 17.6. The van der Waals surface area contributed by atoms with E-state index in [2.05, 4.69) is 18.7 Å². The third kappa shape index (κ3) is 3.80. The summed E-state index contributed by atoms with van der Waals surface area (Å²) in [5.74, 6) is 1.07. The number of benzene rings is 1. The summed E-state index contributed by atoms with van der Waals surface area (Å²) in [6.45, 7) is 7.32. The smallest absolute Gasteiger partial charge is 0.269 e. The van der Waals surface area contributed by atoms with Crippen molar-refractivity contribution in [3.63, 3.8) is 0 Å². The van der Waals surface area contributed by atoms with Crippen LogP contribution in [-0.4, -0.2) is 33.3 Å². The molecule has 0 aromatic heterocycles. The zero-order valence-corrected chi connectivity index (χ0v) is 14.2. The monoisotopic (exact) mass is 321 g/mol. The predicted molar refractivity (Wildman–Crippen MR) is 93.1 cm³/mol. The lowest BCUT2D eigenvalue weighted by Gasteiger charge is -2.25. The number of nitro benzene ring substituents is 1. The van der Waals surface area contributed by atoms with Gasteiger partial charge in [0.2, 0.25) is 0 Å². The van der Waals surface area contributed by atoms with E-state index in [0.29, 0.717) is 6.04 Å². The first kappa shape index (κ1) is 16.8. The standard InChI is InChI=1S/C16H23N3O2S/c1-4-6-9-18-13(5-2)11-22-16(18)17-15-8-7-14(19(20)21)10-12(15)3/h7-8,10,13H,4-6,9,11H2,1-3H3. The Labute approximate surface area is 136 Å². The van der Waals surface area contributed by atoms with E-state index in [-0.39, 0.29) is 10.6 Å². The number of aliphatic imine (C=N–C) groups is 1. The van der Waals surface area contributed by atoms with Gasteiger partial charge in [0.25, 0.3) is 5.69 Å². The molecule has 1 aromatic rings. The first-order valence-corrected chi connectivity index (χ1v) is 8.78. The Morgan fingerprint density at radius 3 is 2.82 bits per heavy atom. The number of nitrogens with zero attached hydrogens (tertiary/aromatic N) is 3. The molecule has 1 aliphatic rings. The van der Waals surface area contributed by atoms with Crippen LogP contribution in [0.15, 0.2) is 23.2 Å². The lowest BCUT2D eigenvalue weighted by molar-refractivity contribution is -0.384. The van der Waals surface area contributed by atoms with Crippen LogP contribution in [0.25, 0.3) is 0 Å². The van der Waals surface area contributed by atoms with E-state index < -0.39 is 0 Å². The Morgan fingerprint density at radius 1 is 1.45 bits per heavy atom. The Balaban J connectivity index is 2.25. The van der Waals surface area contributed by atoms with Crippen molar-refractivity contribution in [3.05, 3.63) is 33.9 Å². The maximum absolute atomic E-state index is 10.8. The quantitative estimate of drug-likeness (QED) is 0.571. The molecule has 5 nitrogen and oxygen atoms in total. The van der Waals surface area contributed by atoms with Crippen molar-refractivity contribution in [1.29, 1.82) is 0 Å². The molecule has 1 fully saturated rings. The number of rotatable bonds is 6. The maximum Gasteiger partial charge on any atom is 0.269 e. The van der Waals surface area contributed by atoms with Crippen molar-refractivity contribution in [2.45, 2.75) is 46.1 Å². The summed E-state index contributed by atoms with van der Waals surface area (Å²) in [5.41, 5.74) is 1.79. The summed E-state index contributed by atoms with van der Waals surface area (Å²) in [7, 11) is 0. The molecule has 0 spiro atoms. The molecule has 0 radical (unpaired) electrons. The Bertz CT molecular complexity index is 575. The van der Waals surface area contributed by atoms with Crippen LogP contribution >= 0.6 is 11.8 Å². The highest BCUT2D eigenvalue weighted by Crippen LogP contribution is 2.31. The van der Waals surface area contributed by atoms with Crippen LogP contribution in [-0.2, 0) is 0 Å². The molecule has 6 heteroatoms. The van der Waals surface area contributed by atoms with Gasteiger partial charge in [-0.05, 0) is 31.4 Å². The van der Waals surface area contributed by atoms with Crippen LogP contribution in [0.4, 0.5) is 11.4 Å². The van der Waals surface area contributed by atoms with Crippen molar-refractivity contribution < 1.29 is 4.92 Å². The average Bonchev–Trinajstić information content (AvgIpc) is 2.88. The van der Waals surface area contributed by atoms with E-state index in [9.17, 15) is 10.1 Å². The number of amidine groups is 1. The van der Waals surface area contributed by atoms with Gasteiger partial charge in [0.15, 0.2) is 5.17 Å².